The van der Waals surface area contributed by atoms with Crippen molar-refractivity contribution in [2.75, 3.05) is 6.61 Å². The van der Waals surface area contributed by atoms with Gasteiger partial charge in [-0.3, -0.25) is 4.79 Å². The Labute approximate surface area is 101 Å². The maximum absolute atomic E-state index is 13.0. The number of hydrogen-bond donors (Lipinski definition) is 2. The van der Waals surface area contributed by atoms with E-state index in [1.807, 2.05) is 0 Å². The number of benzene rings is 1. The SMILES string of the molecule is CC(C(=O)NC(C)(C)CO)c1cccc(F)c1. The van der Waals surface area contributed by atoms with E-state index in [4.69, 9.17) is 5.11 Å². The topological polar surface area (TPSA) is 49.3 Å². The number of nitrogens with one attached hydrogen (secondary N) is 1. The first kappa shape index (κ1) is 13.6. The Balaban J connectivity index is 2.77. The first-order valence-corrected chi connectivity index (χ1v) is 5.54. The zero-order valence-corrected chi connectivity index (χ0v) is 10.3. The van der Waals surface area contributed by atoms with Crippen molar-refractivity contribution in [2.45, 2.75) is 32.2 Å². The lowest BCUT2D eigenvalue weighted by Crippen LogP contribution is -2.47. The Kier molecular flexibility index (Phi) is 4.23. The minimum absolute atomic E-state index is 0.144. The summed E-state index contributed by atoms with van der Waals surface area (Å²) in [6.45, 7) is 5.01. The third-order valence-electron chi connectivity index (χ3n) is 2.60. The van der Waals surface area contributed by atoms with Crippen LogP contribution in [0.2, 0.25) is 0 Å². The van der Waals surface area contributed by atoms with E-state index in [1.54, 1.807) is 32.9 Å². The van der Waals surface area contributed by atoms with E-state index in [2.05, 4.69) is 5.32 Å². The van der Waals surface area contributed by atoms with Gasteiger partial charge >= 0.3 is 0 Å². The van der Waals surface area contributed by atoms with E-state index in [9.17, 15) is 9.18 Å². The molecule has 0 fully saturated rings. The Hall–Kier alpha value is -1.42. The summed E-state index contributed by atoms with van der Waals surface area (Å²) < 4.78 is 13.0. The van der Waals surface area contributed by atoms with E-state index in [-0.39, 0.29) is 18.3 Å². The Morgan fingerprint density at radius 2 is 2.18 bits per heavy atom. The summed E-state index contributed by atoms with van der Waals surface area (Å²) in [5.74, 6) is -1.03. The lowest BCUT2D eigenvalue weighted by Gasteiger charge is -2.25. The van der Waals surface area contributed by atoms with Crippen molar-refractivity contribution in [3.05, 3.63) is 35.6 Å². The smallest absolute Gasteiger partial charge is 0.227 e. The molecule has 0 aliphatic heterocycles. The quantitative estimate of drug-likeness (QED) is 0.842. The molecule has 0 saturated carbocycles. The van der Waals surface area contributed by atoms with Gasteiger partial charge in [0.05, 0.1) is 18.1 Å². The molecule has 0 heterocycles. The number of aliphatic hydroxyl groups excluding tert-OH is 1. The van der Waals surface area contributed by atoms with Gasteiger partial charge in [0.15, 0.2) is 0 Å². The van der Waals surface area contributed by atoms with Crippen LogP contribution in [0.5, 0.6) is 0 Å². The summed E-state index contributed by atoms with van der Waals surface area (Å²) in [7, 11) is 0. The molecule has 0 spiro atoms. The summed E-state index contributed by atoms with van der Waals surface area (Å²) in [5.41, 5.74) is -0.0465. The van der Waals surface area contributed by atoms with Crippen LogP contribution < -0.4 is 5.32 Å². The molecule has 0 aliphatic rings. The molecule has 0 saturated heterocycles. The number of carbonyl (C=O) groups is 1. The second-order valence-corrected chi connectivity index (χ2v) is 4.81. The lowest BCUT2D eigenvalue weighted by atomic mass is 9.98. The minimum Gasteiger partial charge on any atom is -0.394 e. The summed E-state index contributed by atoms with van der Waals surface area (Å²) in [6.07, 6.45) is 0. The molecule has 1 atom stereocenters. The predicted octanol–water partition coefficient (Wildman–Crippen LogP) is 1.82. The zero-order valence-electron chi connectivity index (χ0n) is 10.3. The molecule has 17 heavy (non-hydrogen) atoms. The second-order valence-electron chi connectivity index (χ2n) is 4.81. The van der Waals surface area contributed by atoms with Crippen molar-refractivity contribution >= 4 is 5.91 Å². The van der Waals surface area contributed by atoms with Crippen LogP contribution in [0.15, 0.2) is 24.3 Å². The highest BCUT2D eigenvalue weighted by Crippen LogP contribution is 2.17. The van der Waals surface area contributed by atoms with Crippen molar-refractivity contribution < 1.29 is 14.3 Å². The molecule has 0 aliphatic carbocycles. The Bertz CT molecular complexity index is 404. The fourth-order valence-electron chi connectivity index (χ4n) is 1.41. The third kappa shape index (κ3) is 3.82. The first-order chi connectivity index (χ1) is 7.85. The maximum atomic E-state index is 13.0. The van der Waals surface area contributed by atoms with Gasteiger partial charge in [-0.05, 0) is 38.5 Å². The van der Waals surface area contributed by atoms with E-state index < -0.39 is 11.5 Å². The monoisotopic (exact) mass is 239 g/mol. The fourth-order valence-corrected chi connectivity index (χ4v) is 1.41. The minimum atomic E-state index is -0.668. The number of hydrogen-bond acceptors (Lipinski definition) is 2. The highest BCUT2D eigenvalue weighted by Gasteiger charge is 2.23. The van der Waals surface area contributed by atoms with Crippen LogP contribution in [0, 0.1) is 5.82 Å². The molecule has 0 aromatic heterocycles. The molecule has 1 aromatic carbocycles. The van der Waals surface area contributed by atoms with Gasteiger partial charge in [0.25, 0.3) is 0 Å². The number of amides is 1. The predicted molar refractivity (Wildman–Crippen MR) is 64.1 cm³/mol. The number of aliphatic hydroxyl groups is 1. The van der Waals surface area contributed by atoms with Crippen LogP contribution in [-0.4, -0.2) is 23.2 Å². The summed E-state index contributed by atoms with van der Waals surface area (Å²) in [4.78, 5) is 11.9. The molecule has 1 amide bonds. The van der Waals surface area contributed by atoms with Crippen LogP contribution in [0.3, 0.4) is 0 Å². The van der Waals surface area contributed by atoms with Gasteiger partial charge in [-0.2, -0.15) is 0 Å². The maximum Gasteiger partial charge on any atom is 0.227 e. The van der Waals surface area contributed by atoms with Gasteiger partial charge in [0.2, 0.25) is 5.91 Å². The van der Waals surface area contributed by atoms with E-state index in [1.165, 1.54) is 12.1 Å². The second kappa shape index (κ2) is 5.27. The fraction of sp³-hybridized carbons (Fsp3) is 0.462. The van der Waals surface area contributed by atoms with Gasteiger partial charge in [0.1, 0.15) is 5.82 Å². The number of halogens is 1. The van der Waals surface area contributed by atoms with E-state index in [0.29, 0.717) is 5.56 Å². The van der Waals surface area contributed by atoms with Gasteiger partial charge in [0, 0.05) is 0 Å². The molecule has 0 radical (unpaired) electrons. The molecule has 1 rings (SSSR count). The molecule has 3 nitrogen and oxygen atoms in total. The van der Waals surface area contributed by atoms with Crippen LogP contribution in [0.4, 0.5) is 4.39 Å². The number of carbonyl (C=O) groups excluding carboxylic acids is 1. The van der Waals surface area contributed by atoms with E-state index in [0.717, 1.165) is 0 Å². The molecule has 94 valence electrons. The van der Waals surface area contributed by atoms with Crippen molar-refractivity contribution in [1.29, 1.82) is 0 Å². The molecular weight excluding hydrogens is 221 g/mol. The van der Waals surface area contributed by atoms with Crippen LogP contribution >= 0.6 is 0 Å². The van der Waals surface area contributed by atoms with Crippen molar-refractivity contribution in [1.82, 2.24) is 5.32 Å². The summed E-state index contributed by atoms with van der Waals surface area (Å²) in [6, 6.07) is 5.97. The third-order valence-corrected chi connectivity index (χ3v) is 2.60. The van der Waals surface area contributed by atoms with Crippen molar-refractivity contribution in [2.24, 2.45) is 0 Å². The standard InChI is InChI=1S/C13H18FNO2/c1-9(10-5-4-6-11(14)7-10)12(17)15-13(2,3)8-16/h4-7,9,16H,8H2,1-3H3,(H,15,17). The first-order valence-electron chi connectivity index (χ1n) is 5.54. The summed E-state index contributed by atoms with van der Waals surface area (Å²) >= 11 is 0. The average molecular weight is 239 g/mol. The van der Waals surface area contributed by atoms with Crippen LogP contribution in [0.1, 0.15) is 32.3 Å². The number of rotatable bonds is 4. The van der Waals surface area contributed by atoms with Gasteiger partial charge in [-0.1, -0.05) is 12.1 Å². The van der Waals surface area contributed by atoms with Crippen LogP contribution in [-0.2, 0) is 4.79 Å². The molecule has 4 heteroatoms. The van der Waals surface area contributed by atoms with Gasteiger partial charge < -0.3 is 10.4 Å². The highest BCUT2D eigenvalue weighted by molar-refractivity contribution is 5.83. The van der Waals surface area contributed by atoms with Gasteiger partial charge in [-0.25, -0.2) is 4.39 Å². The van der Waals surface area contributed by atoms with Crippen molar-refractivity contribution in [3.63, 3.8) is 0 Å². The zero-order chi connectivity index (χ0) is 13.1. The van der Waals surface area contributed by atoms with Gasteiger partial charge in [-0.15, -0.1) is 0 Å². The Morgan fingerprint density at radius 3 is 2.71 bits per heavy atom. The molecule has 0 bridgehead atoms. The Morgan fingerprint density at radius 1 is 1.53 bits per heavy atom. The van der Waals surface area contributed by atoms with Crippen molar-refractivity contribution in [3.8, 4) is 0 Å². The molecule has 1 aromatic rings. The summed E-state index contributed by atoms with van der Waals surface area (Å²) in [5, 5.41) is 11.8. The normalized spacial score (nSPS) is 13.2. The van der Waals surface area contributed by atoms with Crippen LogP contribution in [0.25, 0.3) is 0 Å². The van der Waals surface area contributed by atoms with E-state index >= 15 is 0 Å². The molecular formula is C13H18FNO2. The largest absolute Gasteiger partial charge is 0.394 e. The molecule has 2 N–H and O–H groups in total. The molecule has 1 unspecified atom stereocenters. The lowest BCUT2D eigenvalue weighted by molar-refractivity contribution is -0.124. The average Bonchev–Trinajstić information content (AvgIpc) is 2.27. The highest BCUT2D eigenvalue weighted by atomic mass is 19.1.